The van der Waals surface area contributed by atoms with Crippen LogP contribution in [0.4, 0.5) is 4.39 Å². The van der Waals surface area contributed by atoms with Crippen molar-refractivity contribution in [2.24, 2.45) is 0 Å². The number of hydrogen-bond donors (Lipinski definition) is 2. The van der Waals surface area contributed by atoms with E-state index in [0.717, 1.165) is 24.5 Å². The van der Waals surface area contributed by atoms with Gasteiger partial charge in [0.25, 0.3) is 5.91 Å². The quantitative estimate of drug-likeness (QED) is 0.752. The third-order valence-corrected chi connectivity index (χ3v) is 4.57. The summed E-state index contributed by atoms with van der Waals surface area (Å²) in [4.78, 5) is 16.5. The molecule has 25 heavy (non-hydrogen) atoms. The molecule has 136 valence electrons. The maximum Gasteiger partial charge on any atom is 0.271 e. The van der Waals surface area contributed by atoms with Crippen molar-refractivity contribution in [3.63, 3.8) is 0 Å². The number of halogens is 3. The molecular weight excluding hydrogens is 384 g/mol. The largest absolute Gasteiger partial charge is 0.347 e. The molecule has 0 fully saturated rings. The molecular formula is C17H20Cl2FN3OS. The van der Waals surface area contributed by atoms with Crippen LogP contribution in [0.3, 0.4) is 0 Å². The third-order valence-electron chi connectivity index (χ3n) is 3.72. The highest BCUT2D eigenvalue weighted by molar-refractivity contribution is 7.09. The highest BCUT2D eigenvalue weighted by Gasteiger charge is 2.13. The molecule has 4 nitrogen and oxygen atoms in total. The summed E-state index contributed by atoms with van der Waals surface area (Å²) in [5.41, 5.74) is 2.23. The number of hydrogen-bond acceptors (Lipinski definition) is 4. The van der Waals surface area contributed by atoms with Gasteiger partial charge in [-0.25, -0.2) is 9.37 Å². The molecule has 1 aliphatic heterocycles. The van der Waals surface area contributed by atoms with Crippen LogP contribution in [0, 0.1) is 5.82 Å². The molecule has 1 aliphatic rings. The number of thiazole rings is 1. The Balaban J connectivity index is 0.00000156. The predicted molar refractivity (Wildman–Crippen MR) is 104 cm³/mol. The van der Waals surface area contributed by atoms with Gasteiger partial charge in [-0.05, 0) is 24.6 Å². The van der Waals surface area contributed by atoms with Crippen LogP contribution in [0.25, 0.3) is 0 Å². The summed E-state index contributed by atoms with van der Waals surface area (Å²) in [6.07, 6.45) is 3.46. The first-order valence-corrected chi connectivity index (χ1v) is 8.45. The number of nitrogens with zero attached hydrogens (tertiary/aromatic N) is 1. The van der Waals surface area contributed by atoms with E-state index in [1.807, 2.05) is 0 Å². The van der Waals surface area contributed by atoms with Gasteiger partial charge in [0.05, 0.1) is 5.01 Å². The second-order valence-corrected chi connectivity index (χ2v) is 6.34. The lowest BCUT2D eigenvalue weighted by Gasteiger charge is -2.14. The van der Waals surface area contributed by atoms with E-state index in [1.165, 1.54) is 23.0 Å². The molecule has 2 aromatic rings. The number of amides is 1. The van der Waals surface area contributed by atoms with E-state index in [4.69, 9.17) is 0 Å². The fourth-order valence-electron chi connectivity index (χ4n) is 2.42. The molecule has 0 saturated heterocycles. The van der Waals surface area contributed by atoms with E-state index in [-0.39, 0.29) is 36.5 Å². The Hall–Kier alpha value is -1.47. The Morgan fingerprint density at radius 2 is 2.12 bits per heavy atom. The third kappa shape index (κ3) is 6.08. The lowest BCUT2D eigenvalue weighted by atomic mass is 10.1. The van der Waals surface area contributed by atoms with Gasteiger partial charge in [-0.2, -0.15) is 0 Å². The standard InChI is InChI=1S/C17H18FN3OS.2ClH/c18-14-4-2-1-3-13(14)9-16-21-15(11-23-16)17(22)20-10-12-5-7-19-8-6-12;;/h1-5,11,19H,6-10H2,(H,20,22);2*1H. The van der Waals surface area contributed by atoms with Crippen LogP contribution in [-0.4, -0.2) is 30.5 Å². The first kappa shape index (κ1) is 21.6. The van der Waals surface area contributed by atoms with E-state index in [2.05, 4.69) is 21.7 Å². The van der Waals surface area contributed by atoms with E-state index in [0.29, 0.717) is 24.2 Å². The van der Waals surface area contributed by atoms with Crippen molar-refractivity contribution in [3.05, 3.63) is 63.4 Å². The Morgan fingerprint density at radius 1 is 1.32 bits per heavy atom. The fraction of sp³-hybridized carbons (Fsp3) is 0.294. The van der Waals surface area contributed by atoms with Crippen molar-refractivity contribution in [3.8, 4) is 0 Å². The fourth-order valence-corrected chi connectivity index (χ4v) is 3.21. The van der Waals surface area contributed by atoms with Crippen molar-refractivity contribution >= 4 is 42.1 Å². The smallest absolute Gasteiger partial charge is 0.271 e. The number of benzene rings is 1. The van der Waals surface area contributed by atoms with Crippen LogP contribution in [0.15, 0.2) is 41.3 Å². The first-order chi connectivity index (χ1) is 11.2. The predicted octanol–water partition coefficient (Wildman–Crippen LogP) is 3.37. The van der Waals surface area contributed by atoms with Crippen LogP contribution >= 0.6 is 36.2 Å². The molecule has 1 amide bonds. The highest BCUT2D eigenvalue weighted by atomic mass is 35.5. The van der Waals surface area contributed by atoms with E-state index in [1.54, 1.807) is 23.6 Å². The summed E-state index contributed by atoms with van der Waals surface area (Å²) in [6.45, 7) is 2.36. The summed E-state index contributed by atoms with van der Waals surface area (Å²) in [7, 11) is 0. The van der Waals surface area contributed by atoms with Crippen LogP contribution < -0.4 is 10.6 Å². The summed E-state index contributed by atoms with van der Waals surface area (Å²) in [5, 5.41) is 8.59. The summed E-state index contributed by atoms with van der Waals surface area (Å²) in [5.74, 6) is -0.424. The second kappa shape index (κ2) is 10.5. The number of nitrogens with one attached hydrogen (secondary N) is 2. The average Bonchev–Trinajstić information content (AvgIpc) is 3.04. The number of rotatable bonds is 5. The number of carbonyl (C=O) groups excluding carboxylic acids is 1. The van der Waals surface area contributed by atoms with Crippen molar-refractivity contribution in [1.82, 2.24) is 15.6 Å². The molecule has 0 atom stereocenters. The second-order valence-electron chi connectivity index (χ2n) is 5.39. The summed E-state index contributed by atoms with van der Waals surface area (Å²) >= 11 is 1.38. The Kier molecular flexibility index (Phi) is 9.06. The molecule has 0 aliphatic carbocycles. The first-order valence-electron chi connectivity index (χ1n) is 7.57. The van der Waals surface area contributed by atoms with Crippen LogP contribution in [0.1, 0.15) is 27.5 Å². The van der Waals surface area contributed by atoms with Gasteiger partial charge >= 0.3 is 0 Å². The van der Waals surface area contributed by atoms with E-state index >= 15 is 0 Å². The Labute approximate surface area is 162 Å². The lowest BCUT2D eigenvalue weighted by molar-refractivity contribution is 0.0952. The van der Waals surface area contributed by atoms with Gasteiger partial charge in [-0.15, -0.1) is 36.2 Å². The Morgan fingerprint density at radius 3 is 2.84 bits per heavy atom. The van der Waals surface area contributed by atoms with Gasteiger partial charge in [0, 0.05) is 24.9 Å². The van der Waals surface area contributed by atoms with Crippen molar-refractivity contribution in [2.75, 3.05) is 19.6 Å². The zero-order chi connectivity index (χ0) is 16.1. The molecule has 0 spiro atoms. The average molecular weight is 404 g/mol. The maximum atomic E-state index is 13.7. The zero-order valence-electron chi connectivity index (χ0n) is 13.5. The lowest BCUT2D eigenvalue weighted by Crippen LogP contribution is -2.29. The molecule has 0 unspecified atom stereocenters. The number of aromatic nitrogens is 1. The SMILES string of the molecule is Cl.Cl.O=C(NCC1=CCNCC1)c1csc(Cc2ccccc2F)n1. The monoisotopic (exact) mass is 403 g/mol. The zero-order valence-corrected chi connectivity index (χ0v) is 15.9. The summed E-state index contributed by atoms with van der Waals surface area (Å²) in [6, 6.07) is 6.63. The van der Waals surface area contributed by atoms with Crippen LogP contribution in [-0.2, 0) is 6.42 Å². The maximum absolute atomic E-state index is 13.7. The van der Waals surface area contributed by atoms with E-state index < -0.39 is 0 Å². The van der Waals surface area contributed by atoms with Crippen LogP contribution in [0.5, 0.6) is 0 Å². The van der Waals surface area contributed by atoms with Gasteiger partial charge in [-0.1, -0.05) is 29.8 Å². The minimum absolute atomic E-state index is 0. The van der Waals surface area contributed by atoms with Crippen LogP contribution in [0.2, 0.25) is 0 Å². The van der Waals surface area contributed by atoms with E-state index in [9.17, 15) is 9.18 Å². The molecule has 8 heteroatoms. The van der Waals surface area contributed by atoms with Gasteiger partial charge in [0.1, 0.15) is 11.5 Å². The molecule has 0 radical (unpaired) electrons. The highest BCUT2D eigenvalue weighted by Crippen LogP contribution is 2.17. The molecule has 3 rings (SSSR count). The molecule has 2 N–H and O–H groups in total. The molecule has 0 bridgehead atoms. The van der Waals surface area contributed by atoms with Gasteiger partial charge in [0.15, 0.2) is 0 Å². The Bertz CT molecular complexity index is 736. The number of carbonyl (C=O) groups is 1. The topological polar surface area (TPSA) is 54.0 Å². The minimum Gasteiger partial charge on any atom is -0.347 e. The molecule has 2 heterocycles. The molecule has 0 saturated carbocycles. The normalized spacial score (nSPS) is 13.2. The van der Waals surface area contributed by atoms with Gasteiger partial charge in [0.2, 0.25) is 0 Å². The van der Waals surface area contributed by atoms with Crippen molar-refractivity contribution < 1.29 is 9.18 Å². The van der Waals surface area contributed by atoms with Crippen molar-refractivity contribution in [1.29, 1.82) is 0 Å². The minimum atomic E-state index is -0.244. The van der Waals surface area contributed by atoms with Gasteiger partial charge in [-0.3, -0.25) is 4.79 Å². The van der Waals surface area contributed by atoms with Gasteiger partial charge < -0.3 is 10.6 Å². The molecule has 1 aromatic heterocycles. The summed E-state index contributed by atoms with van der Waals surface area (Å²) < 4.78 is 13.7. The molecule has 1 aromatic carbocycles. The van der Waals surface area contributed by atoms with Crippen molar-refractivity contribution in [2.45, 2.75) is 12.8 Å².